The van der Waals surface area contributed by atoms with Crippen molar-refractivity contribution < 1.29 is 0 Å². The maximum atomic E-state index is 3.50. The molecule has 2 heterocycles. The molecule has 2 rings (SSSR count). The molecule has 0 aromatic rings. The monoisotopic (exact) mass is 210 g/mol. The highest BCUT2D eigenvalue weighted by molar-refractivity contribution is 4.94. The maximum Gasteiger partial charge on any atom is 0.0231 e. The van der Waals surface area contributed by atoms with Crippen LogP contribution in [0.4, 0.5) is 0 Å². The van der Waals surface area contributed by atoms with Crippen LogP contribution in [-0.4, -0.2) is 36.6 Å². The van der Waals surface area contributed by atoms with Gasteiger partial charge in [0.15, 0.2) is 0 Å². The zero-order valence-corrected chi connectivity index (χ0v) is 10.4. The van der Waals surface area contributed by atoms with Gasteiger partial charge in [-0.15, -0.1) is 0 Å². The van der Waals surface area contributed by atoms with E-state index in [1.807, 2.05) is 0 Å². The van der Waals surface area contributed by atoms with E-state index < -0.39 is 0 Å². The molecule has 2 heteroatoms. The average Bonchev–Trinajstić information content (AvgIpc) is 2.31. The summed E-state index contributed by atoms with van der Waals surface area (Å²) in [6.07, 6.45) is 6.88. The van der Waals surface area contributed by atoms with Gasteiger partial charge in [-0.25, -0.2) is 0 Å². The van der Waals surface area contributed by atoms with Crippen LogP contribution in [0.3, 0.4) is 0 Å². The fourth-order valence-electron chi connectivity index (χ4n) is 3.27. The first-order valence-corrected chi connectivity index (χ1v) is 6.72. The molecule has 15 heavy (non-hydrogen) atoms. The molecule has 0 aliphatic carbocycles. The van der Waals surface area contributed by atoms with Crippen molar-refractivity contribution in [2.75, 3.05) is 26.2 Å². The summed E-state index contributed by atoms with van der Waals surface area (Å²) in [7, 11) is 0. The Hall–Kier alpha value is -0.0800. The van der Waals surface area contributed by atoms with Gasteiger partial charge in [0.05, 0.1) is 0 Å². The molecule has 0 aromatic heterocycles. The van der Waals surface area contributed by atoms with Crippen molar-refractivity contribution in [1.82, 2.24) is 10.2 Å². The van der Waals surface area contributed by atoms with E-state index in [0.29, 0.717) is 5.54 Å². The number of piperidine rings is 2. The summed E-state index contributed by atoms with van der Waals surface area (Å²) < 4.78 is 0. The quantitative estimate of drug-likeness (QED) is 0.752. The Morgan fingerprint density at radius 1 is 1.20 bits per heavy atom. The van der Waals surface area contributed by atoms with Crippen molar-refractivity contribution in [3.05, 3.63) is 0 Å². The summed E-state index contributed by atoms with van der Waals surface area (Å²) in [6, 6.07) is 0. The van der Waals surface area contributed by atoms with Gasteiger partial charge in [-0.3, -0.25) is 4.90 Å². The average molecular weight is 210 g/mol. The van der Waals surface area contributed by atoms with Gasteiger partial charge in [-0.2, -0.15) is 0 Å². The Bertz CT molecular complexity index is 189. The van der Waals surface area contributed by atoms with Crippen LogP contribution in [0.15, 0.2) is 0 Å². The Kier molecular flexibility index (Phi) is 3.68. The van der Waals surface area contributed by atoms with Gasteiger partial charge in [-0.05, 0) is 64.2 Å². The van der Waals surface area contributed by atoms with Crippen LogP contribution in [0.2, 0.25) is 0 Å². The van der Waals surface area contributed by atoms with Gasteiger partial charge in [-0.1, -0.05) is 13.8 Å². The summed E-state index contributed by atoms with van der Waals surface area (Å²) in [5, 5.41) is 3.50. The van der Waals surface area contributed by atoms with E-state index >= 15 is 0 Å². The zero-order valence-electron chi connectivity index (χ0n) is 10.4. The van der Waals surface area contributed by atoms with Crippen molar-refractivity contribution in [2.24, 2.45) is 5.92 Å². The first-order valence-electron chi connectivity index (χ1n) is 6.72. The van der Waals surface area contributed by atoms with Crippen molar-refractivity contribution in [2.45, 2.75) is 51.5 Å². The fourth-order valence-corrected chi connectivity index (χ4v) is 3.27. The van der Waals surface area contributed by atoms with E-state index in [2.05, 4.69) is 24.1 Å². The molecule has 0 atom stereocenters. The molecule has 2 aliphatic rings. The Balaban J connectivity index is 1.98. The number of nitrogens with zero attached hydrogens (tertiary/aromatic N) is 1. The fraction of sp³-hybridized carbons (Fsp3) is 1.00. The summed E-state index contributed by atoms with van der Waals surface area (Å²) in [4.78, 5) is 2.80. The molecule has 0 amide bonds. The highest BCUT2D eigenvalue weighted by Crippen LogP contribution is 2.33. The van der Waals surface area contributed by atoms with Crippen LogP contribution in [0, 0.1) is 5.92 Å². The summed E-state index contributed by atoms with van der Waals surface area (Å²) in [5.74, 6) is 0.955. The molecule has 2 fully saturated rings. The molecule has 2 nitrogen and oxygen atoms in total. The Morgan fingerprint density at radius 3 is 2.33 bits per heavy atom. The SMILES string of the molecule is CCC1(N2CCC(C)CC2)CCNCC1. The second-order valence-electron chi connectivity index (χ2n) is 5.50. The molecule has 2 aliphatic heterocycles. The molecule has 0 aromatic carbocycles. The van der Waals surface area contributed by atoms with Crippen molar-refractivity contribution >= 4 is 0 Å². The van der Waals surface area contributed by atoms with E-state index in [4.69, 9.17) is 0 Å². The maximum absolute atomic E-state index is 3.50. The smallest absolute Gasteiger partial charge is 0.0231 e. The van der Waals surface area contributed by atoms with E-state index in [0.717, 1.165) is 5.92 Å². The molecule has 0 unspecified atom stereocenters. The first kappa shape index (κ1) is 11.4. The molecule has 0 bridgehead atoms. The van der Waals surface area contributed by atoms with Crippen LogP contribution in [0.25, 0.3) is 0 Å². The third-order valence-electron chi connectivity index (χ3n) is 4.65. The van der Waals surface area contributed by atoms with Gasteiger partial charge in [0, 0.05) is 5.54 Å². The second-order valence-corrected chi connectivity index (χ2v) is 5.50. The topological polar surface area (TPSA) is 15.3 Å². The molecule has 0 saturated carbocycles. The third kappa shape index (κ3) is 2.36. The largest absolute Gasteiger partial charge is 0.317 e. The van der Waals surface area contributed by atoms with Gasteiger partial charge >= 0.3 is 0 Å². The lowest BCUT2D eigenvalue weighted by Gasteiger charge is -2.49. The second kappa shape index (κ2) is 4.84. The lowest BCUT2D eigenvalue weighted by atomic mass is 9.81. The van der Waals surface area contributed by atoms with Crippen LogP contribution in [0.5, 0.6) is 0 Å². The van der Waals surface area contributed by atoms with E-state index in [9.17, 15) is 0 Å². The third-order valence-corrected chi connectivity index (χ3v) is 4.65. The number of hydrogen-bond acceptors (Lipinski definition) is 2. The lowest BCUT2D eigenvalue weighted by Crippen LogP contribution is -2.56. The Morgan fingerprint density at radius 2 is 1.80 bits per heavy atom. The van der Waals surface area contributed by atoms with Gasteiger partial charge in [0.2, 0.25) is 0 Å². The lowest BCUT2D eigenvalue weighted by molar-refractivity contribution is 0.0247. The predicted molar refractivity (Wildman–Crippen MR) is 65.1 cm³/mol. The first-order chi connectivity index (χ1) is 7.27. The molecule has 1 N–H and O–H groups in total. The van der Waals surface area contributed by atoms with Crippen molar-refractivity contribution in [3.8, 4) is 0 Å². The summed E-state index contributed by atoms with van der Waals surface area (Å²) in [5.41, 5.74) is 0.547. The van der Waals surface area contributed by atoms with Gasteiger partial charge in [0.25, 0.3) is 0 Å². The molecular weight excluding hydrogens is 184 g/mol. The highest BCUT2D eigenvalue weighted by Gasteiger charge is 2.37. The van der Waals surface area contributed by atoms with Crippen molar-refractivity contribution in [1.29, 1.82) is 0 Å². The van der Waals surface area contributed by atoms with Gasteiger partial charge < -0.3 is 5.32 Å². The van der Waals surface area contributed by atoms with E-state index in [1.165, 1.54) is 58.3 Å². The van der Waals surface area contributed by atoms with Crippen LogP contribution in [0.1, 0.15) is 46.0 Å². The van der Waals surface area contributed by atoms with Crippen LogP contribution < -0.4 is 5.32 Å². The van der Waals surface area contributed by atoms with Gasteiger partial charge in [0.1, 0.15) is 0 Å². The van der Waals surface area contributed by atoms with E-state index in [1.54, 1.807) is 0 Å². The highest BCUT2D eigenvalue weighted by atomic mass is 15.2. The van der Waals surface area contributed by atoms with E-state index in [-0.39, 0.29) is 0 Å². The normalized spacial score (nSPS) is 29.2. The standard InChI is InChI=1S/C13H26N2/c1-3-13(6-8-14-9-7-13)15-10-4-12(2)5-11-15/h12,14H,3-11H2,1-2H3. The minimum atomic E-state index is 0.547. The number of nitrogens with one attached hydrogen (secondary N) is 1. The predicted octanol–water partition coefficient (Wildman–Crippen LogP) is 2.25. The summed E-state index contributed by atoms with van der Waals surface area (Å²) in [6.45, 7) is 9.91. The summed E-state index contributed by atoms with van der Waals surface area (Å²) >= 11 is 0. The molecule has 0 spiro atoms. The minimum absolute atomic E-state index is 0.547. The number of likely N-dealkylation sites (tertiary alicyclic amines) is 1. The van der Waals surface area contributed by atoms with Crippen LogP contribution >= 0.6 is 0 Å². The minimum Gasteiger partial charge on any atom is -0.317 e. The molecule has 88 valence electrons. The molecular formula is C13H26N2. The number of hydrogen-bond donors (Lipinski definition) is 1. The molecule has 2 saturated heterocycles. The number of rotatable bonds is 2. The van der Waals surface area contributed by atoms with Crippen LogP contribution in [-0.2, 0) is 0 Å². The zero-order chi connectivity index (χ0) is 10.7. The molecule has 0 radical (unpaired) electrons. The Labute approximate surface area is 94.4 Å². The van der Waals surface area contributed by atoms with Crippen molar-refractivity contribution in [3.63, 3.8) is 0 Å².